The molecular formula is C25H31N2O3+. The molecule has 4 bridgehead atoms. The highest BCUT2D eigenvalue weighted by Crippen LogP contribution is 2.51. The van der Waals surface area contributed by atoms with Crippen molar-refractivity contribution in [2.24, 2.45) is 11.3 Å². The van der Waals surface area contributed by atoms with Gasteiger partial charge in [-0.1, -0.05) is 19.1 Å². The maximum atomic E-state index is 13.5. The van der Waals surface area contributed by atoms with E-state index in [-0.39, 0.29) is 18.0 Å². The van der Waals surface area contributed by atoms with Gasteiger partial charge in [0, 0.05) is 42.8 Å². The van der Waals surface area contributed by atoms with Gasteiger partial charge >= 0.3 is 11.9 Å². The van der Waals surface area contributed by atoms with E-state index < -0.39 is 11.4 Å². The zero-order chi connectivity index (χ0) is 20.6. The second-order valence-electron chi connectivity index (χ2n) is 10.7. The molecule has 2 saturated heterocycles. The summed E-state index contributed by atoms with van der Waals surface area (Å²) in [5.74, 6) is 1.02. The fourth-order valence-corrected chi connectivity index (χ4v) is 7.37. The summed E-state index contributed by atoms with van der Waals surface area (Å²) in [7, 11) is 0. The molecule has 30 heavy (non-hydrogen) atoms. The average molecular weight is 408 g/mol. The third kappa shape index (κ3) is 2.71. The summed E-state index contributed by atoms with van der Waals surface area (Å²) in [5, 5.41) is 11.2. The van der Waals surface area contributed by atoms with Crippen LogP contribution < -0.4 is 4.90 Å². The number of carboxylic acid groups (broad SMARTS) is 1. The van der Waals surface area contributed by atoms with Crippen molar-refractivity contribution in [1.29, 1.82) is 0 Å². The number of hydrogen-bond donors (Lipinski definition) is 3. The van der Waals surface area contributed by atoms with E-state index in [2.05, 4.69) is 36.3 Å². The maximum Gasteiger partial charge on any atom is 0.313 e. The number of rotatable bonds is 5. The van der Waals surface area contributed by atoms with Crippen molar-refractivity contribution >= 4 is 22.8 Å². The van der Waals surface area contributed by atoms with E-state index in [9.17, 15) is 14.7 Å². The van der Waals surface area contributed by atoms with Gasteiger partial charge < -0.3 is 10.1 Å². The molecule has 0 radical (unpaired) electrons. The molecule has 3 N–H and O–H groups in total. The number of aliphatic carboxylic acids is 1. The van der Waals surface area contributed by atoms with Crippen LogP contribution in [0.5, 0.6) is 0 Å². The van der Waals surface area contributed by atoms with E-state index in [0.29, 0.717) is 37.0 Å². The zero-order valence-electron chi connectivity index (χ0n) is 17.6. The molecule has 0 spiro atoms. The summed E-state index contributed by atoms with van der Waals surface area (Å²) < 4.78 is 0. The fourth-order valence-electron chi connectivity index (χ4n) is 7.37. The van der Waals surface area contributed by atoms with Crippen molar-refractivity contribution in [3.8, 4) is 0 Å². The van der Waals surface area contributed by atoms with Gasteiger partial charge in [0.2, 0.25) is 0 Å². The summed E-state index contributed by atoms with van der Waals surface area (Å²) in [6.45, 7) is 2.18. The van der Waals surface area contributed by atoms with Crippen molar-refractivity contribution in [1.82, 2.24) is 4.98 Å². The highest BCUT2D eigenvalue weighted by molar-refractivity contribution is 5.88. The number of quaternary nitrogens is 1. The van der Waals surface area contributed by atoms with Crippen LogP contribution in [0.1, 0.15) is 81.3 Å². The fraction of sp³-hybridized carbons (Fsp3) is 0.600. The number of carbonyl (C=O) groups is 2. The van der Waals surface area contributed by atoms with Crippen LogP contribution in [0.25, 0.3) is 10.9 Å². The molecule has 1 aromatic heterocycles. The number of carboxylic acids is 1. The van der Waals surface area contributed by atoms with Gasteiger partial charge in [-0.15, -0.1) is 0 Å². The number of amides is 1. The number of nitrogens with one attached hydrogen (secondary N) is 2. The Kier molecular flexibility index (Phi) is 3.99. The van der Waals surface area contributed by atoms with Crippen molar-refractivity contribution in [2.45, 2.75) is 82.2 Å². The van der Waals surface area contributed by atoms with Gasteiger partial charge in [0.15, 0.2) is 0 Å². The van der Waals surface area contributed by atoms with Crippen molar-refractivity contribution in [3.63, 3.8) is 0 Å². The van der Waals surface area contributed by atoms with Crippen molar-refractivity contribution in [3.05, 3.63) is 35.5 Å². The quantitative estimate of drug-likeness (QED) is 0.711. The van der Waals surface area contributed by atoms with Crippen LogP contribution in [0.4, 0.5) is 0 Å². The number of aromatic nitrogens is 1. The first kappa shape index (κ1) is 18.6. The monoisotopic (exact) mass is 407 g/mol. The molecule has 5 fully saturated rings. The van der Waals surface area contributed by atoms with Gasteiger partial charge in [-0.3, -0.25) is 9.69 Å². The Balaban J connectivity index is 1.25. The number of carbonyl (C=O) groups excluding carboxylic acids is 1. The predicted octanol–water partition coefficient (Wildman–Crippen LogP) is 3.37. The normalized spacial score (nSPS) is 35.6. The smallest absolute Gasteiger partial charge is 0.313 e. The first-order chi connectivity index (χ1) is 14.4. The van der Waals surface area contributed by atoms with Gasteiger partial charge in [0.25, 0.3) is 0 Å². The number of piperidine rings is 2. The first-order valence-electron chi connectivity index (χ1n) is 11.7. The molecule has 2 aliphatic heterocycles. The second-order valence-corrected chi connectivity index (χ2v) is 10.7. The van der Waals surface area contributed by atoms with Gasteiger partial charge in [-0.25, -0.2) is 4.79 Å². The number of hydrogen-bond acceptors (Lipinski definition) is 2. The van der Waals surface area contributed by atoms with E-state index in [0.717, 1.165) is 24.2 Å². The molecule has 2 aromatic rings. The Morgan fingerprint density at radius 1 is 1.20 bits per heavy atom. The van der Waals surface area contributed by atoms with Gasteiger partial charge in [0.05, 0.1) is 23.9 Å². The Morgan fingerprint density at radius 2 is 1.93 bits per heavy atom. The van der Waals surface area contributed by atoms with E-state index in [1.165, 1.54) is 34.9 Å². The lowest BCUT2D eigenvalue weighted by Crippen LogP contribution is -3.24. The highest BCUT2D eigenvalue weighted by atomic mass is 16.4. The van der Waals surface area contributed by atoms with Crippen LogP contribution in [-0.2, 0) is 9.59 Å². The molecule has 3 aliphatic carbocycles. The van der Waals surface area contributed by atoms with Gasteiger partial charge in [0.1, 0.15) is 0 Å². The zero-order valence-corrected chi connectivity index (χ0v) is 17.6. The third-order valence-electron chi connectivity index (χ3n) is 8.65. The largest absolute Gasteiger partial charge is 0.481 e. The van der Waals surface area contributed by atoms with Gasteiger partial charge in [-0.2, -0.15) is 0 Å². The van der Waals surface area contributed by atoms with E-state index in [1.807, 2.05) is 0 Å². The third-order valence-corrected chi connectivity index (χ3v) is 8.65. The lowest BCUT2D eigenvalue weighted by molar-refractivity contribution is -0.895. The Morgan fingerprint density at radius 3 is 2.60 bits per heavy atom. The average Bonchev–Trinajstić information content (AvgIpc) is 3.44. The molecule has 5 nitrogen and oxygen atoms in total. The topological polar surface area (TPSA) is 74.6 Å². The van der Waals surface area contributed by atoms with E-state index in [1.54, 1.807) is 0 Å². The minimum atomic E-state index is -0.631. The lowest BCUT2D eigenvalue weighted by Gasteiger charge is -2.56. The van der Waals surface area contributed by atoms with Crippen molar-refractivity contribution < 1.29 is 19.6 Å². The Bertz CT molecular complexity index is 1020. The molecule has 1 aromatic carbocycles. The molecule has 3 unspecified atom stereocenters. The van der Waals surface area contributed by atoms with Crippen LogP contribution >= 0.6 is 0 Å². The molecule has 5 heteroatoms. The van der Waals surface area contributed by atoms with Crippen LogP contribution in [0.3, 0.4) is 0 Å². The molecule has 3 atom stereocenters. The van der Waals surface area contributed by atoms with Crippen LogP contribution in [0.15, 0.2) is 24.4 Å². The second kappa shape index (κ2) is 6.43. The Labute approximate surface area is 176 Å². The Hall–Kier alpha value is -2.14. The summed E-state index contributed by atoms with van der Waals surface area (Å²) in [5.41, 5.74) is 3.34. The van der Waals surface area contributed by atoms with Crippen LogP contribution in [0, 0.1) is 11.3 Å². The number of H-pyrrole nitrogens is 1. The maximum absolute atomic E-state index is 13.5. The summed E-state index contributed by atoms with van der Waals surface area (Å²) in [6, 6.07) is 6.93. The summed E-state index contributed by atoms with van der Waals surface area (Å²) in [6.07, 6.45) is 9.43. The SMILES string of the molecule is CC(CC(=O)[NH+]1C2CC3CC1CC(C(=O)O)(C3)C2)c1c[nH]c2cccc(C3CC3)c12. The first-order valence-corrected chi connectivity index (χ1v) is 11.7. The minimum Gasteiger partial charge on any atom is -0.481 e. The predicted molar refractivity (Wildman–Crippen MR) is 113 cm³/mol. The number of benzene rings is 1. The molecule has 3 saturated carbocycles. The van der Waals surface area contributed by atoms with Gasteiger partial charge in [-0.05, 0) is 54.2 Å². The van der Waals surface area contributed by atoms with Crippen LogP contribution in [0.2, 0.25) is 0 Å². The van der Waals surface area contributed by atoms with E-state index in [4.69, 9.17) is 0 Å². The number of aromatic amines is 1. The molecule has 1 amide bonds. The number of fused-ring (bicyclic) bond motifs is 1. The van der Waals surface area contributed by atoms with Crippen LogP contribution in [-0.4, -0.2) is 34.1 Å². The highest BCUT2D eigenvalue weighted by Gasteiger charge is 2.62. The minimum absolute atomic E-state index is 0.171. The summed E-state index contributed by atoms with van der Waals surface area (Å²) >= 11 is 0. The molecule has 158 valence electrons. The van der Waals surface area contributed by atoms with E-state index >= 15 is 0 Å². The molecule has 5 aliphatic rings. The standard InChI is InChI=1S/C25H30N2O3/c1-14(20-13-26-21-4-2-3-19(23(20)21)16-5-6-16)7-22(28)27-17-8-15-9-18(27)12-25(10-15,11-17)24(29)30/h2-4,13-18,26H,5-12H2,1H3,(H,29,30)/p+1. The molecular weight excluding hydrogens is 376 g/mol. The van der Waals surface area contributed by atoms with Crippen molar-refractivity contribution in [2.75, 3.05) is 0 Å². The summed E-state index contributed by atoms with van der Waals surface area (Å²) in [4.78, 5) is 30.0. The molecule has 3 heterocycles. The lowest BCUT2D eigenvalue weighted by atomic mass is 9.55. The molecule has 7 rings (SSSR count).